The summed E-state index contributed by atoms with van der Waals surface area (Å²) in [5.74, 6) is 0.498. The number of benzene rings is 1. The van der Waals surface area contributed by atoms with Gasteiger partial charge in [0.1, 0.15) is 0 Å². The second kappa shape index (κ2) is 8.05. The highest BCUT2D eigenvalue weighted by Crippen LogP contribution is 2.20. The van der Waals surface area contributed by atoms with Gasteiger partial charge in [-0.15, -0.1) is 0 Å². The number of aryl methyl sites for hydroxylation is 2. The summed E-state index contributed by atoms with van der Waals surface area (Å²) in [5, 5.41) is 12.0. The average Bonchev–Trinajstić information content (AvgIpc) is 3.08. The van der Waals surface area contributed by atoms with Gasteiger partial charge in [-0.05, 0) is 19.1 Å². The van der Waals surface area contributed by atoms with Gasteiger partial charge in [0.2, 0.25) is 5.95 Å². The molecule has 0 atom stereocenters. The fraction of sp³-hybridized carbons (Fsp3) is 0.190. The third-order valence-corrected chi connectivity index (χ3v) is 4.49. The Morgan fingerprint density at radius 3 is 2.59 bits per heavy atom. The molecule has 3 aromatic heterocycles. The fourth-order valence-corrected chi connectivity index (χ4v) is 3.09. The Morgan fingerprint density at radius 2 is 1.83 bits per heavy atom. The van der Waals surface area contributed by atoms with E-state index < -0.39 is 0 Å². The van der Waals surface area contributed by atoms with Crippen LogP contribution in [-0.4, -0.2) is 36.1 Å². The van der Waals surface area contributed by atoms with E-state index in [0.717, 1.165) is 28.2 Å². The molecule has 3 heterocycles. The Labute approximate surface area is 167 Å². The van der Waals surface area contributed by atoms with Gasteiger partial charge in [-0.3, -0.25) is 9.48 Å². The largest absolute Gasteiger partial charge is 0.352 e. The number of nitrogens with one attached hydrogen (secondary N) is 1. The molecule has 0 bridgehead atoms. The van der Waals surface area contributed by atoms with Gasteiger partial charge in [0.15, 0.2) is 0 Å². The first-order valence-corrected chi connectivity index (χ1v) is 9.31. The summed E-state index contributed by atoms with van der Waals surface area (Å²) in [6.45, 7) is 2.82. The van der Waals surface area contributed by atoms with E-state index >= 15 is 0 Å². The van der Waals surface area contributed by atoms with Gasteiger partial charge in [0, 0.05) is 43.2 Å². The molecule has 8 heteroatoms. The molecule has 4 aromatic rings. The molecular formula is C21H21N7O. The SMILES string of the molecule is Cc1nn(C)cc1-c1ccnc(NCCn2nc(-c3ccccc3)ccc2=O)n1. The van der Waals surface area contributed by atoms with Crippen LogP contribution >= 0.6 is 0 Å². The lowest BCUT2D eigenvalue weighted by atomic mass is 10.1. The fourth-order valence-electron chi connectivity index (χ4n) is 3.09. The number of hydrogen-bond donors (Lipinski definition) is 1. The average molecular weight is 387 g/mol. The molecule has 0 amide bonds. The van der Waals surface area contributed by atoms with E-state index in [1.165, 1.54) is 10.7 Å². The summed E-state index contributed by atoms with van der Waals surface area (Å²) in [4.78, 5) is 21.0. The van der Waals surface area contributed by atoms with Crippen molar-refractivity contribution in [3.05, 3.63) is 77.0 Å². The maximum Gasteiger partial charge on any atom is 0.266 e. The van der Waals surface area contributed by atoms with E-state index in [1.807, 2.05) is 56.6 Å². The molecule has 8 nitrogen and oxygen atoms in total. The molecule has 1 N–H and O–H groups in total. The standard InChI is InChI=1S/C21H21N7O/c1-15-17(14-27(2)25-15)19-10-11-22-21(24-19)23-12-13-28-20(29)9-8-18(26-28)16-6-4-3-5-7-16/h3-11,14H,12-13H2,1-2H3,(H,22,23,24). The highest BCUT2D eigenvalue weighted by Gasteiger charge is 2.09. The lowest BCUT2D eigenvalue weighted by Gasteiger charge is -2.09. The lowest BCUT2D eigenvalue weighted by Crippen LogP contribution is -2.26. The smallest absolute Gasteiger partial charge is 0.266 e. The van der Waals surface area contributed by atoms with Crippen molar-refractivity contribution in [2.75, 3.05) is 11.9 Å². The Bertz CT molecular complexity index is 1180. The van der Waals surface area contributed by atoms with Crippen LogP contribution in [-0.2, 0) is 13.6 Å². The first kappa shape index (κ1) is 18.5. The first-order valence-electron chi connectivity index (χ1n) is 9.31. The zero-order chi connectivity index (χ0) is 20.2. The quantitative estimate of drug-likeness (QED) is 0.547. The molecule has 0 radical (unpaired) electrons. The van der Waals surface area contributed by atoms with Crippen LogP contribution in [0.15, 0.2) is 65.7 Å². The van der Waals surface area contributed by atoms with Gasteiger partial charge in [-0.2, -0.15) is 10.2 Å². The molecular weight excluding hydrogens is 366 g/mol. The number of nitrogens with zero attached hydrogens (tertiary/aromatic N) is 6. The van der Waals surface area contributed by atoms with E-state index in [1.54, 1.807) is 16.9 Å². The lowest BCUT2D eigenvalue weighted by molar-refractivity contribution is 0.599. The minimum absolute atomic E-state index is 0.146. The molecule has 0 aliphatic heterocycles. The summed E-state index contributed by atoms with van der Waals surface area (Å²) in [6.07, 6.45) is 3.64. The van der Waals surface area contributed by atoms with Crippen LogP contribution in [0.1, 0.15) is 5.69 Å². The van der Waals surface area contributed by atoms with E-state index in [0.29, 0.717) is 19.0 Å². The number of rotatable bonds is 6. The second-order valence-corrected chi connectivity index (χ2v) is 6.64. The third-order valence-electron chi connectivity index (χ3n) is 4.49. The van der Waals surface area contributed by atoms with Crippen LogP contribution in [0, 0.1) is 6.92 Å². The Hall–Kier alpha value is -3.81. The highest BCUT2D eigenvalue weighted by molar-refractivity contribution is 5.61. The van der Waals surface area contributed by atoms with E-state index in [9.17, 15) is 4.79 Å². The van der Waals surface area contributed by atoms with Crippen LogP contribution in [0.2, 0.25) is 0 Å². The maximum absolute atomic E-state index is 12.2. The summed E-state index contributed by atoms with van der Waals surface area (Å²) < 4.78 is 3.21. The molecule has 146 valence electrons. The summed E-state index contributed by atoms with van der Waals surface area (Å²) in [7, 11) is 1.88. The van der Waals surface area contributed by atoms with Crippen LogP contribution in [0.5, 0.6) is 0 Å². The molecule has 0 spiro atoms. The topological polar surface area (TPSA) is 90.5 Å². The van der Waals surface area contributed by atoms with E-state index in [2.05, 4.69) is 25.5 Å². The van der Waals surface area contributed by atoms with Crippen LogP contribution < -0.4 is 10.9 Å². The van der Waals surface area contributed by atoms with E-state index in [-0.39, 0.29) is 5.56 Å². The molecule has 0 aliphatic rings. The summed E-state index contributed by atoms with van der Waals surface area (Å²) in [5.41, 5.74) is 4.26. The van der Waals surface area contributed by atoms with Crippen molar-refractivity contribution in [2.45, 2.75) is 13.5 Å². The van der Waals surface area contributed by atoms with Crippen molar-refractivity contribution in [3.8, 4) is 22.5 Å². The van der Waals surface area contributed by atoms with Gasteiger partial charge in [0.25, 0.3) is 5.56 Å². The van der Waals surface area contributed by atoms with Crippen molar-refractivity contribution in [2.24, 2.45) is 7.05 Å². The third kappa shape index (κ3) is 4.21. The van der Waals surface area contributed by atoms with Gasteiger partial charge >= 0.3 is 0 Å². The monoisotopic (exact) mass is 387 g/mol. The van der Waals surface area contributed by atoms with Gasteiger partial charge in [0.05, 0.1) is 23.6 Å². The summed E-state index contributed by atoms with van der Waals surface area (Å²) >= 11 is 0. The molecule has 0 saturated heterocycles. The van der Waals surface area contributed by atoms with Crippen molar-refractivity contribution in [1.29, 1.82) is 0 Å². The van der Waals surface area contributed by atoms with Crippen molar-refractivity contribution < 1.29 is 0 Å². The molecule has 0 saturated carbocycles. The van der Waals surface area contributed by atoms with Crippen LogP contribution in [0.25, 0.3) is 22.5 Å². The van der Waals surface area contributed by atoms with Crippen LogP contribution in [0.3, 0.4) is 0 Å². The normalized spacial score (nSPS) is 10.8. The number of aromatic nitrogens is 6. The van der Waals surface area contributed by atoms with Crippen molar-refractivity contribution in [3.63, 3.8) is 0 Å². The minimum Gasteiger partial charge on any atom is -0.352 e. The molecule has 29 heavy (non-hydrogen) atoms. The molecule has 0 fully saturated rings. The number of anilines is 1. The van der Waals surface area contributed by atoms with Gasteiger partial charge < -0.3 is 5.32 Å². The predicted molar refractivity (Wildman–Crippen MR) is 111 cm³/mol. The zero-order valence-corrected chi connectivity index (χ0v) is 16.3. The molecule has 4 rings (SSSR count). The van der Waals surface area contributed by atoms with Crippen molar-refractivity contribution in [1.82, 2.24) is 29.5 Å². The summed E-state index contributed by atoms with van der Waals surface area (Å²) in [6, 6.07) is 14.9. The van der Waals surface area contributed by atoms with Gasteiger partial charge in [-0.1, -0.05) is 30.3 Å². The zero-order valence-electron chi connectivity index (χ0n) is 16.3. The molecule has 0 aliphatic carbocycles. The Morgan fingerprint density at radius 1 is 1.00 bits per heavy atom. The minimum atomic E-state index is -0.146. The first-order chi connectivity index (χ1) is 14.1. The Balaban J connectivity index is 1.46. The predicted octanol–water partition coefficient (Wildman–Crippen LogP) is 2.52. The number of hydrogen-bond acceptors (Lipinski definition) is 6. The van der Waals surface area contributed by atoms with Crippen molar-refractivity contribution >= 4 is 5.95 Å². The maximum atomic E-state index is 12.2. The molecule has 0 unspecified atom stereocenters. The van der Waals surface area contributed by atoms with Gasteiger partial charge in [-0.25, -0.2) is 14.6 Å². The Kier molecular flexibility index (Phi) is 5.15. The highest BCUT2D eigenvalue weighted by atomic mass is 16.1. The van der Waals surface area contributed by atoms with E-state index in [4.69, 9.17) is 0 Å². The molecule has 1 aromatic carbocycles. The van der Waals surface area contributed by atoms with Crippen LogP contribution in [0.4, 0.5) is 5.95 Å². The second-order valence-electron chi connectivity index (χ2n) is 6.64.